The summed E-state index contributed by atoms with van der Waals surface area (Å²) in [6.07, 6.45) is 3.01. The summed E-state index contributed by atoms with van der Waals surface area (Å²) in [4.78, 5) is 39.5. The molecule has 2 heterocycles. The van der Waals surface area contributed by atoms with Crippen LogP contribution >= 0.6 is 0 Å². The first-order chi connectivity index (χ1) is 10.6. The Morgan fingerprint density at radius 2 is 2.05 bits per heavy atom. The number of benzene rings is 1. The van der Waals surface area contributed by atoms with Crippen LogP contribution in [0.25, 0.3) is 10.9 Å². The molecule has 7 nitrogen and oxygen atoms in total. The Morgan fingerprint density at radius 1 is 1.23 bits per heavy atom. The van der Waals surface area contributed by atoms with Crippen LogP contribution in [0, 0.1) is 0 Å². The normalized spacial score (nSPS) is 23.4. The van der Waals surface area contributed by atoms with Gasteiger partial charge < -0.3 is 4.98 Å². The Bertz CT molecular complexity index is 869. The summed E-state index contributed by atoms with van der Waals surface area (Å²) in [5, 5.41) is 2.00. The average molecular weight is 300 g/mol. The zero-order valence-electron chi connectivity index (χ0n) is 11.9. The largest absolute Gasteiger partial charge is 0.329 e. The van der Waals surface area contributed by atoms with E-state index in [0.717, 1.165) is 23.8 Å². The summed E-state index contributed by atoms with van der Waals surface area (Å²) in [5.41, 5.74) is 2.64. The number of rotatable bonds is 2. The highest BCUT2D eigenvalue weighted by molar-refractivity contribution is 5.79. The quantitative estimate of drug-likeness (QED) is 0.814. The van der Waals surface area contributed by atoms with Crippen LogP contribution in [0.4, 0.5) is 0 Å². The second-order valence-electron chi connectivity index (χ2n) is 5.92. The molecular weight excluding hydrogens is 284 g/mol. The molecule has 1 amide bonds. The first-order valence-electron chi connectivity index (χ1n) is 7.43. The molecule has 1 aliphatic heterocycles. The molecule has 114 valence electrons. The third-order valence-electron chi connectivity index (χ3n) is 4.54. The summed E-state index contributed by atoms with van der Waals surface area (Å²) in [5.74, 6) is -0.241. The van der Waals surface area contributed by atoms with E-state index in [1.807, 2.05) is 0 Å². The van der Waals surface area contributed by atoms with Gasteiger partial charge in [0.1, 0.15) is 6.54 Å². The van der Waals surface area contributed by atoms with Crippen LogP contribution in [0.2, 0.25) is 0 Å². The van der Waals surface area contributed by atoms with E-state index in [0.29, 0.717) is 16.9 Å². The number of hydrogen-bond donors (Lipinski definition) is 2. The molecular formula is C15H16N4O3. The molecule has 4 rings (SSSR count). The monoisotopic (exact) mass is 300 g/mol. The lowest BCUT2D eigenvalue weighted by atomic mass is 10.2. The number of amides is 1. The molecule has 2 N–H and O–H groups in total. The van der Waals surface area contributed by atoms with Gasteiger partial charge in [0.2, 0.25) is 0 Å². The fourth-order valence-corrected chi connectivity index (χ4v) is 3.44. The Balaban J connectivity index is 1.68. The van der Waals surface area contributed by atoms with Crippen molar-refractivity contribution in [3.8, 4) is 0 Å². The van der Waals surface area contributed by atoms with E-state index in [-0.39, 0.29) is 18.5 Å². The molecule has 2 unspecified atom stereocenters. The molecule has 22 heavy (non-hydrogen) atoms. The highest BCUT2D eigenvalue weighted by Crippen LogP contribution is 2.29. The van der Waals surface area contributed by atoms with Crippen LogP contribution in [-0.2, 0) is 11.3 Å². The molecule has 2 bridgehead atoms. The maximum Gasteiger partial charge on any atom is 0.329 e. The Kier molecular flexibility index (Phi) is 2.90. The average Bonchev–Trinajstić information content (AvgIpc) is 3.14. The lowest BCUT2D eigenvalue weighted by molar-refractivity contribution is -0.137. The molecule has 7 heteroatoms. The van der Waals surface area contributed by atoms with Crippen molar-refractivity contribution in [1.29, 1.82) is 0 Å². The molecule has 0 radical (unpaired) electrons. The number of carbonyl (C=O) groups is 1. The van der Waals surface area contributed by atoms with E-state index < -0.39 is 11.2 Å². The van der Waals surface area contributed by atoms with Crippen molar-refractivity contribution in [3.05, 3.63) is 45.1 Å². The first-order valence-corrected chi connectivity index (χ1v) is 7.43. The van der Waals surface area contributed by atoms with Crippen LogP contribution in [-0.4, -0.2) is 32.6 Å². The molecule has 0 spiro atoms. The van der Waals surface area contributed by atoms with Gasteiger partial charge in [0, 0.05) is 12.1 Å². The van der Waals surface area contributed by atoms with E-state index in [1.54, 1.807) is 29.3 Å². The van der Waals surface area contributed by atoms with Crippen molar-refractivity contribution >= 4 is 16.8 Å². The second kappa shape index (κ2) is 4.81. The van der Waals surface area contributed by atoms with Crippen LogP contribution in [0.1, 0.15) is 19.3 Å². The van der Waals surface area contributed by atoms with Gasteiger partial charge >= 0.3 is 5.69 Å². The lowest BCUT2D eigenvalue weighted by Gasteiger charge is -2.27. The number of aromatic amines is 1. The van der Waals surface area contributed by atoms with Crippen molar-refractivity contribution in [2.75, 3.05) is 0 Å². The van der Waals surface area contributed by atoms with Crippen molar-refractivity contribution in [1.82, 2.24) is 20.0 Å². The first kappa shape index (κ1) is 13.3. The number of fused-ring (bicyclic) bond motifs is 3. The smallest absolute Gasteiger partial charge is 0.307 e. The number of H-pyrrole nitrogens is 1. The predicted octanol–water partition coefficient (Wildman–Crippen LogP) is -0.0423. The maximum atomic E-state index is 12.4. The van der Waals surface area contributed by atoms with E-state index >= 15 is 0 Å². The number of nitrogens with one attached hydrogen (secondary N) is 2. The van der Waals surface area contributed by atoms with Crippen molar-refractivity contribution < 1.29 is 4.79 Å². The van der Waals surface area contributed by atoms with Gasteiger partial charge in [-0.05, 0) is 31.4 Å². The van der Waals surface area contributed by atoms with Crippen molar-refractivity contribution in [2.24, 2.45) is 0 Å². The molecule has 2 aromatic rings. The van der Waals surface area contributed by atoms with Crippen LogP contribution in [0.5, 0.6) is 0 Å². The fraction of sp³-hybridized carbons (Fsp3) is 0.400. The summed E-state index contributed by atoms with van der Waals surface area (Å²) in [6, 6.07) is 7.33. The summed E-state index contributed by atoms with van der Waals surface area (Å²) < 4.78 is 0.971. The number of hydrogen-bond acceptors (Lipinski definition) is 4. The number of hydrazine groups is 1. The summed E-state index contributed by atoms with van der Waals surface area (Å²) in [7, 11) is 0. The predicted molar refractivity (Wildman–Crippen MR) is 80.2 cm³/mol. The molecule has 1 saturated carbocycles. The molecule has 1 saturated heterocycles. The molecule has 2 aliphatic rings. The van der Waals surface area contributed by atoms with Gasteiger partial charge in [-0.1, -0.05) is 12.1 Å². The zero-order chi connectivity index (χ0) is 15.3. The molecule has 2 fully saturated rings. The Morgan fingerprint density at radius 3 is 2.77 bits per heavy atom. The molecule has 1 aromatic heterocycles. The minimum Gasteiger partial charge on any atom is -0.307 e. The van der Waals surface area contributed by atoms with E-state index in [2.05, 4.69) is 10.4 Å². The standard InChI is InChI=1S/C15H16N4O3/c20-13(19-10-6-5-9(7-10)17-19)8-18-14(21)11-3-1-2-4-12(11)16-15(18)22/h1-4,9-10,17H,5-8H2,(H,16,22). The van der Waals surface area contributed by atoms with Crippen molar-refractivity contribution in [3.63, 3.8) is 0 Å². The third-order valence-corrected chi connectivity index (χ3v) is 4.54. The van der Waals surface area contributed by atoms with Crippen LogP contribution in [0.3, 0.4) is 0 Å². The van der Waals surface area contributed by atoms with Gasteiger partial charge in [0.25, 0.3) is 11.5 Å². The Labute approximate surface area is 125 Å². The van der Waals surface area contributed by atoms with Gasteiger partial charge in [-0.25, -0.2) is 10.2 Å². The van der Waals surface area contributed by atoms with Gasteiger partial charge in [-0.15, -0.1) is 0 Å². The number of carbonyl (C=O) groups excluding carboxylic acids is 1. The lowest BCUT2D eigenvalue weighted by Crippen LogP contribution is -2.50. The Hall–Kier alpha value is -2.41. The summed E-state index contributed by atoms with van der Waals surface area (Å²) in [6.45, 7) is -0.241. The SMILES string of the molecule is O=C(Cn1c(=O)[nH]c2ccccc2c1=O)N1NC2CCC1C2. The molecule has 1 aromatic carbocycles. The van der Waals surface area contributed by atoms with Crippen LogP contribution < -0.4 is 16.7 Å². The number of para-hydroxylation sites is 1. The van der Waals surface area contributed by atoms with Crippen LogP contribution in [0.15, 0.2) is 33.9 Å². The maximum absolute atomic E-state index is 12.4. The second-order valence-corrected chi connectivity index (χ2v) is 5.92. The highest BCUT2D eigenvalue weighted by atomic mass is 16.2. The van der Waals surface area contributed by atoms with Gasteiger partial charge in [-0.3, -0.25) is 19.2 Å². The number of aromatic nitrogens is 2. The fourth-order valence-electron chi connectivity index (χ4n) is 3.44. The third kappa shape index (κ3) is 1.97. The summed E-state index contributed by atoms with van der Waals surface area (Å²) >= 11 is 0. The minimum absolute atomic E-state index is 0.188. The van der Waals surface area contributed by atoms with Gasteiger partial charge in [0.15, 0.2) is 0 Å². The molecule has 1 aliphatic carbocycles. The molecule has 2 atom stereocenters. The van der Waals surface area contributed by atoms with E-state index in [1.165, 1.54) is 0 Å². The number of nitrogens with zero attached hydrogens (tertiary/aromatic N) is 2. The topological polar surface area (TPSA) is 87.2 Å². The van der Waals surface area contributed by atoms with E-state index in [9.17, 15) is 14.4 Å². The van der Waals surface area contributed by atoms with Crippen molar-refractivity contribution in [2.45, 2.75) is 37.9 Å². The van der Waals surface area contributed by atoms with E-state index in [4.69, 9.17) is 0 Å². The minimum atomic E-state index is -0.554. The van der Waals surface area contributed by atoms with Gasteiger partial charge in [-0.2, -0.15) is 0 Å². The zero-order valence-corrected chi connectivity index (χ0v) is 11.9. The highest BCUT2D eigenvalue weighted by Gasteiger charge is 2.40. The van der Waals surface area contributed by atoms with Gasteiger partial charge in [0.05, 0.1) is 10.9 Å².